The van der Waals surface area contributed by atoms with Gasteiger partial charge in [0, 0.05) is 16.3 Å². The van der Waals surface area contributed by atoms with Crippen molar-refractivity contribution in [2.75, 3.05) is 19.8 Å². The standard InChI is InChI=1S/C13H23NO3S/c1-12(2,3)11-5-4-10(18-11)6-14-13(7-15,8-16)9-17/h4-5,14-17H,6-9H2,1-3H3. The minimum Gasteiger partial charge on any atom is -0.394 e. The molecular formula is C13H23NO3S. The molecular weight excluding hydrogens is 250 g/mol. The smallest absolute Gasteiger partial charge is 0.0884 e. The minimum absolute atomic E-state index is 0.130. The van der Waals surface area contributed by atoms with Gasteiger partial charge in [0.1, 0.15) is 0 Å². The van der Waals surface area contributed by atoms with Gasteiger partial charge in [0.2, 0.25) is 0 Å². The van der Waals surface area contributed by atoms with Crippen LogP contribution in [0.3, 0.4) is 0 Å². The maximum atomic E-state index is 9.21. The Bertz CT molecular complexity index is 358. The molecule has 0 bridgehead atoms. The summed E-state index contributed by atoms with van der Waals surface area (Å²) in [6.45, 7) is 6.13. The molecule has 4 N–H and O–H groups in total. The average molecular weight is 273 g/mol. The first kappa shape index (κ1) is 15.6. The van der Waals surface area contributed by atoms with Crippen molar-refractivity contribution in [1.82, 2.24) is 5.32 Å². The van der Waals surface area contributed by atoms with E-state index in [1.165, 1.54) is 4.88 Å². The molecule has 0 unspecified atom stereocenters. The fourth-order valence-corrected chi connectivity index (χ4v) is 2.47. The maximum Gasteiger partial charge on any atom is 0.0884 e. The molecule has 1 aromatic heterocycles. The molecule has 0 aromatic carbocycles. The fraction of sp³-hybridized carbons (Fsp3) is 0.692. The highest BCUT2D eigenvalue weighted by Gasteiger charge is 2.27. The first-order valence-electron chi connectivity index (χ1n) is 6.04. The van der Waals surface area contributed by atoms with Gasteiger partial charge in [-0.25, -0.2) is 0 Å². The molecule has 0 atom stereocenters. The van der Waals surface area contributed by atoms with E-state index in [1.807, 2.05) is 6.07 Å². The largest absolute Gasteiger partial charge is 0.394 e. The molecule has 0 fully saturated rings. The van der Waals surface area contributed by atoms with Gasteiger partial charge in [-0.2, -0.15) is 0 Å². The van der Waals surface area contributed by atoms with Gasteiger partial charge in [0.05, 0.1) is 25.4 Å². The maximum absolute atomic E-state index is 9.21. The molecule has 0 aliphatic carbocycles. The summed E-state index contributed by atoms with van der Waals surface area (Å²) < 4.78 is 0. The number of nitrogens with one attached hydrogen (secondary N) is 1. The SMILES string of the molecule is CC(C)(C)c1ccc(CNC(CO)(CO)CO)s1. The van der Waals surface area contributed by atoms with Crippen LogP contribution in [0.5, 0.6) is 0 Å². The Kier molecular flexibility index (Phi) is 5.31. The van der Waals surface area contributed by atoms with E-state index in [0.29, 0.717) is 6.54 Å². The molecule has 0 saturated heterocycles. The number of hydrogen-bond acceptors (Lipinski definition) is 5. The van der Waals surface area contributed by atoms with E-state index in [1.54, 1.807) is 11.3 Å². The highest BCUT2D eigenvalue weighted by molar-refractivity contribution is 7.12. The number of hydrogen-bond donors (Lipinski definition) is 4. The second kappa shape index (κ2) is 6.12. The lowest BCUT2D eigenvalue weighted by atomic mass is 9.95. The predicted molar refractivity (Wildman–Crippen MR) is 73.8 cm³/mol. The molecule has 1 rings (SSSR count). The van der Waals surface area contributed by atoms with Crippen LogP contribution in [0.4, 0.5) is 0 Å². The van der Waals surface area contributed by atoms with Crippen LogP contribution in [0.2, 0.25) is 0 Å². The van der Waals surface area contributed by atoms with Crippen LogP contribution < -0.4 is 5.32 Å². The van der Waals surface area contributed by atoms with Crippen LogP contribution in [0.15, 0.2) is 12.1 Å². The van der Waals surface area contributed by atoms with Crippen LogP contribution >= 0.6 is 11.3 Å². The van der Waals surface area contributed by atoms with Gasteiger partial charge in [-0.3, -0.25) is 0 Å². The number of aliphatic hydroxyl groups is 3. The fourth-order valence-electron chi connectivity index (χ4n) is 1.47. The van der Waals surface area contributed by atoms with Crippen LogP contribution in [-0.2, 0) is 12.0 Å². The minimum atomic E-state index is -1.01. The molecule has 1 heterocycles. The van der Waals surface area contributed by atoms with Crippen molar-refractivity contribution in [1.29, 1.82) is 0 Å². The quantitative estimate of drug-likeness (QED) is 0.620. The Morgan fingerprint density at radius 2 is 1.61 bits per heavy atom. The van der Waals surface area contributed by atoms with Crippen LogP contribution in [0.25, 0.3) is 0 Å². The van der Waals surface area contributed by atoms with Crippen LogP contribution in [0, 0.1) is 0 Å². The van der Waals surface area contributed by atoms with Gasteiger partial charge in [0.25, 0.3) is 0 Å². The molecule has 18 heavy (non-hydrogen) atoms. The molecule has 0 amide bonds. The lowest BCUT2D eigenvalue weighted by Crippen LogP contribution is -2.54. The van der Waals surface area contributed by atoms with E-state index in [-0.39, 0.29) is 25.2 Å². The summed E-state index contributed by atoms with van der Waals surface area (Å²) in [4.78, 5) is 2.42. The van der Waals surface area contributed by atoms with E-state index in [9.17, 15) is 15.3 Å². The van der Waals surface area contributed by atoms with Gasteiger partial charge in [0.15, 0.2) is 0 Å². The van der Waals surface area contributed by atoms with E-state index in [4.69, 9.17) is 0 Å². The number of thiophene rings is 1. The topological polar surface area (TPSA) is 72.7 Å². The van der Waals surface area contributed by atoms with Crippen molar-refractivity contribution in [2.24, 2.45) is 0 Å². The summed E-state index contributed by atoms with van der Waals surface area (Å²) in [5, 5.41) is 30.7. The van der Waals surface area contributed by atoms with Crippen molar-refractivity contribution in [2.45, 2.75) is 38.3 Å². The Hall–Kier alpha value is -0.460. The molecule has 1 aromatic rings. The zero-order chi connectivity index (χ0) is 13.8. The third-order valence-corrected chi connectivity index (χ3v) is 4.46. The first-order chi connectivity index (χ1) is 8.37. The van der Waals surface area contributed by atoms with Crippen molar-refractivity contribution >= 4 is 11.3 Å². The lowest BCUT2D eigenvalue weighted by Gasteiger charge is -2.28. The van der Waals surface area contributed by atoms with E-state index < -0.39 is 5.54 Å². The average Bonchev–Trinajstić information content (AvgIpc) is 2.80. The molecule has 0 aliphatic heterocycles. The third-order valence-electron chi connectivity index (χ3n) is 2.95. The number of rotatable bonds is 6. The summed E-state index contributed by atoms with van der Waals surface area (Å²) in [6, 6.07) is 4.13. The summed E-state index contributed by atoms with van der Waals surface area (Å²) in [7, 11) is 0. The Morgan fingerprint density at radius 1 is 1.06 bits per heavy atom. The molecule has 5 heteroatoms. The highest BCUT2D eigenvalue weighted by atomic mass is 32.1. The Morgan fingerprint density at radius 3 is 2.00 bits per heavy atom. The molecule has 0 aliphatic rings. The van der Waals surface area contributed by atoms with Crippen LogP contribution in [0.1, 0.15) is 30.5 Å². The Labute approximate surface area is 112 Å². The lowest BCUT2D eigenvalue weighted by molar-refractivity contribution is 0.0415. The number of aliphatic hydroxyl groups excluding tert-OH is 3. The Balaban J connectivity index is 2.66. The van der Waals surface area contributed by atoms with Crippen molar-refractivity contribution in [3.63, 3.8) is 0 Å². The third kappa shape index (κ3) is 3.76. The molecule has 104 valence electrons. The van der Waals surface area contributed by atoms with Gasteiger partial charge in [-0.15, -0.1) is 11.3 Å². The van der Waals surface area contributed by atoms with Gasteiger partial charge >= 0.3 is 0 Å². The summed E-state index contributed by atoms with van der Waals surface area (Å²) in [5.41, 5.74) is -0.878. The van der Waals surface area contributed by atoms with Crippen molar-refractivity contribution < 1.29 is 15.3 Å². The predicted octanol–water partition coefficient (Wildman–Crippen LogP) is 0.851. The normalized spacial score (nSPS) is 13.0. The molecule has 0 spiro atoms. The van der Waals surface area contributed by atoms with E-state index in [0.717, 1.165) is 4.88 Å². The van der Waals surface area contributed by atoms with Gasteiger partial charge in [-0.1, -0.05) is 20.8 Å². The second-order valence-electron chi connectivity index (χ2n) is 5.62. The van der Waals surface area contributed by atoms with E-state index in [2.05, 4.69) is 32.2 Å². The monoisotopic (exact) mass is 273 g/mol. The van der Waals surface area contributed by atoms with Gasteiger partial charge < -0.3 is 20.6 Å². The summed E-state index contributed by atoms with van der Waals surface area (Å²) in [5.74, 6) is 0. The van der Waals surface area contributed by atoms with Gasteiger partial charge in [-0.05, 0) is 17.5 Å². The van der Waals surface area contributed by atoms with Crippen molar-refractivity contribution in [3.8, 4) is 0 Å². The highest BCUT2D eigenvalue weighted by Crippen LogP contribution is 2.29. The summed E-state index contributed by atoms with van der Waals surface area (Å²) in [6.07, 6.45) is 0. The zero-order valence-electron chi connectivity index (χ0n) is 11.2. The molecule has 4 nitrogen and oxygen atoms in total. The molecule has 0 saturated carbocycles. The summed E-state index contributed by atoms with van der Waals surface area (Å²) >= 11 is 1.70. The second-order valence-corrected chi connectivity index (χ2v) is 6.79. The molecule has 0 radical (unpaired) electrons. The first-order valence-corrected chi connectivity index (χ1v) is 6.85. The zero-order valence-corrected chi connectivity index (χ0v) is 12.0. The van der Waals surface area contributed by atoms with Crippen molar-refractivity contribution in [3.05, 3.63) is 21.9 Å². The van der Waals surface area contributed by atoms with E-state index >= 15 is 0 Å². The van der Waals surface area contributed by atoms with Crippen LogP contribution in [-0.4, -0.2) is 40.7 Å².